The smallest absolute Gasteiger partial charge is 0.342 e. The number of benzene rings is 1. The Labute approximate surface area is 122 Å². The molecule has 0 aliphatic heterocycles. The molecule has 0 unspecified atom stereocenters. The van der Waals surface area contributed by atoms with E-state index in [9.17, 15) is 19.3 Å². The zero-order valence-electron chi connectivity index (χ0n) is 10.2. The summed E-state index contributed by atoms with van der Waals surface area (Å²) in [5, 5.41) is 22.5. The SMILES string of the molecule is O=C(O)c1cc(Nc2cc(F)ccc2Cl)ncc1[N+](=O)[O-]. The fraction of sp³-hybridized carbons (Fsp3) is 0. The summed E-state index contributed by atoms with van der Waals surface area (Å²) in [6.07, 6.45) is 0.805. The van der Waals surface area contributed by atoms with Crippen LogP contribution < -0.4 is 5.32 Å². The number of halogens is 2. The first-order valence-corrected chi connectivity index (χ1v) is 5.86. The minimum Gasteiger partial charge on any atom is -0.477 e. The molecule has 1 aromatic carbocycles. The molecular formula is C12H7ClFN3O4. The number of anilines is 2. The first-order valence-electron chi connectivity index (χ1n) is 5.48. The van der Waals surface area contributed by atoms with Gasteiger partial charge in [0.15, 0.2) is 0 Å². The van der Waals surface area contributed by atoms with E-state index in [1.165, 1.54) is 6.07 Å². The van der Waals surface area contributed by atoms with Crippen LogP contribution in [0.1, 0.15) is 10.4 Å². The second-order valence-electron chi connectivity index (χ2n) is 3.90. The molecule has 108 valence electrons. The summed E-state index contributed by atoms with van der Waals surface area (Å²) in [7, 11) is 0. The molecule has 2 N–H and O–H groups in total. The van der Waals surface area contributed by atoms with Gasteiger partial charge in [0.25, 0.3) is 0 Å². The maximum atomic E-state index is 13.1. The molecule has 21 heavy (non-hydrogen) atoms. The molecule has 0 bridgehead atoms. The van der Waals surface area contributed by atoms with Gasteiger partial charge in [0.1, 0.15) is 23.4 Å². The Kier molecular flexibility index (Phi) is 3.99. The molecule has 0 saturated heterocycles. The van der Waals surface area contributed by atoms with E-state index in [4.69, 9.17) is 16.7 Å². The van der Waals surface area contributed by atoms with Gasteiger partial charge < -0.3 is 10.4 Å². The predicted molar refractivity (Wildman–Crippen MR) is 72.5 cm³/mol. The monoisotopic (exact) mass is 311 g/mol. The maximum absolute atomic E-state index is 13.1. The zero-order valence-corrected chi connectivity index (χ0v) is 11.0. The number of aromatic carboxylic acids is 1. The molecule has 0 saturated carbocycles. The average molecular weight is 312 g/mol. The lowest BCUT2D eigenvalue weighted by molar-refractivity contribution is -0.385. The van der Waals surface area contributed by atoms with Crippen LogP contribution in [0.3, 0.4) is 0 Å². The quantitative estimate of drug-likeness (QED) is 0.663. The second-order valence-corrected chi connectivity index (χ2v) is 4.31. The Morgan fingerprint density at radius 3 is 2.76 bits per heavy atom. The van der Waals surface area contributed by atoms with E-state index in [1.807, 2.05) is 0 Å². The molecule has 0 radical (unpaired) electrons. The summed E-state index contributed by atoms with van der Waals surface area (Å²) in [6.45, 7) is 0. The van der Waals surface area contributed by atoms with Gasteiger partial charge >= 0.3 is 11.7 Å². The maximum Gasteiger partial charge on any atom is 0.342 e. The first kappa shape index (κ1) is 14.7. The lowest BCUT2D eigenvalue weighted by atomic mass is 10.2. The third kappa shape index (κ3) is 3.23. The van der Waals surface area contributed by atoms with Crippen LogP contribution in [0.5, 0.6) is 0 Å². The molecule has 0 spiro atoms. The van der Waals surface area contributed by atoms with Crippen molar-refractivity contribution >= 4 is 34.8 Å². The van der Waals surface area contributed by atoms with E-state index >= 15 is 0 Å². The van der Waals surface area contributed by atoms with Gasteiger partial charge in [-0.1, -0.05) is 11.6 Å². The van der Waals surface area contributed by atoms with Crippen LogP contribution in [0.15, 0.2) is 30.5 Å². The Morgan fingerprint density at radius 1 is 1.43 bits per heavy atom. The summed E-state index contributed by atoms with van der Waals surface area (Å²) in [4.78, 5) is 24.6. The standard InChI is InChI=1S/C12H7ClFN3O4/c13-8-2-1-6(14)3-9(8)16-11-4-7(12(18)19)10(5-15-11)17(20)21/h1-5H,(H,15,16)(H,18,19). The van der Waals surface area contributed by atoms with Crippen LogP contribution in [-0.4, -0.2) is 21.0 Å². The van der Waals surface area contributed by atoms with Crippen molar-refractivity contribution in [3.63, 3.8) is 0 Å². The second kappa shape index (κ2) is 5.71. The molecule has 1 heterocycles. The Balaban J connectivity index is 2.41. The summed E-state index contributed by atoms with van der Waals surface area (Å²) < 4.78 is 13.1. The van der Waals surface area contributed by atoms with Crippen LogP contribution >= 0.6 is 11.6 Å². The topological polar surface area (TPSA) is 105 Å². The van der Waals surface area contributed by atoms with Crippen molar-refractivity contribution in [3.8, 4) is 0 Å². The van der Waals surface area contributed by atoms with Crippen LogP contribution in [0.2, 0.25) is 5.02 Å². The predicted octanol–water partition coefficient (Wildman–Crippen LogP) is 3.22. The Morgan fingerprint density at radius 2 is 2.14 bits per heavy atom. The zero-order chi connectivity index (χ0) is 15.6. The fourth-order valence-electron chi connectivity index (χ4n) is 1.56. The summed E-state index contributed by atoms with van der Waals surface area (Å²) in [5.74, 6) is -2.04. The number of hydrogen-bond donors (Lipinski definition) is 2. The molecule has 2 aromatic rings. The normalized spacial score (nSPS) is 10.2. The fourth-order valence-corrected chi connectivity index (χ4v) is 1.73. The molecule has 0 fully saturated rings. The van der Waals surface area contributed by atoms with Gasteiger partial charge in [-0.05, 0) is 18.2 Å². The average Bonchev–Trinajstić information content (AvgIpc) is 2.42. The summed E-state index contributed by atoms with van der Waals surface area (Å²) in [6, 6.07) is 4.52. The summed E-state index contributed by atoms with van der Waals surface area (Å²) >= 11 is 5.85. The van der Waals surface area contributed by atoms with E-state index in [1.54, 1.807) is 0 Å². The van der Waals surface area contributed by atoms with E-state index in [2.05, 4.69) is 10.3 Å². The number of carboxylic acids is 1. The van der Waals surface area contributed by atoms with E-state index in [0.29, 0.717) is 0 Å². The van der Waals surface area contributed by atoms with Crippen molar-refractivity contribution in [2.45, 2.75) is 0 Å². The van der Waals surface area contributed by atoms with Gasteiger partial charge in [-0.2, -0.15) is 0 Å². The molecule has 0 aliphatic carbocycles. The third-order valence-corrected chi connectivity index (χ3v) is 2.83. The van der Waals surface area contributed by atoms with Crippen molar-refractivity contribution < 1.29 is 19.2 Å². The highest BCUT2D eigenvalue weighted by Crippen LogP contribution is 2.27. The number of nitro groups is 1. The Hall–Kier alpha value is -2.74. The minimum absolute atomic E-state index is 0.00880. The van der Waals surface area contributed by atoms with Gasteiger partial charge in [0.05, 0.1) is 15.6 Å². The largest absolute Gasteiger partial charge is 0.477 e. The van der Waals surface area contributed by atoms with Gasteiger partial charge in [0.2, 0.25) is 0 Å². The van der Waals surface area contributed by atoms with Crippen LogP contribution in [0, 0.1) is 15.9 Å². The Bertz CT molecular complexity index is 738. The van der Waals surface area contributed by atoms with Gasteiger partial charge in [-0.3, -0.25) is 10.1 Å². The van der Waals surface area contributed by atoms with E-state index < -0.39 is 28.0 Å². The molecule has 7 nitrogen and oxygen atoms in total. The van der Waals surface area contributed by atoms with Crippen molar-refractivity contribution in [3.05, 3.63) is 57.0 Å². The van der Waals surface area contributed by atoms with Crippen LogP contribution in [0.4, 0.5) is 21.6 Å². The number of rotatable bonds is 4. The van der Waals surface area contributed by atoms with Crippen LogP contribution in [0.25, 0.3) is 0 Å². The molecule has 0 aliphatic rings. The molecule has 0 amide bonds. The third-order valence-electron chi connectivity index (χ3n) is 2.50. The lowest BCUT2D eigenvalue weighted by Crippen LogP contribution is -2.05. The van der Waals surface area contributed by atoms with Gasteiger partial charge in [0, 0.05) is 6.07 Å². The number of nitrogens with one attached hydrogen (secondary N) is 1. The number of carboxylic acid groups (broad SMARTS) is 1. The highest BCUT2D eigenvalue weighted by molar-refractivity contribution is 6.33. The highest BCUT2D eigenvalue weighted by atomic mass is 35.5. The van der Waals surface area contributed by atoms with Crippen LogP contribution in [-0.2, 0) is 0 Å². The first-order chi connectivity index (χ1) is 9.88. The molecule has 0 atom stereocenters. The van der Waals surface area contributed by atoms with Gasteiger partial charge in [-0.15, -0.1) is 0 Å². The van der Waals surface area contributed by atoms with Crippen molar-refractivity contribution in [2.24, 2.45) is 0 Å². The van der Waals surface area contributed by atoms with Crippen molar-refractivity contribution in [1.29, 1.82) is 0 Å². The molecule has 1 aromatic heterocycles. The lowest BCUT2D eigenvalue weighted by Gasteiger charge is -2.08. The summed E-state index contributed by atoms with van der Waals surface area (Å²) in [5.41, 5.74) is -1.02. The number of pyridine rings is 1. The van der Waals surface area contributed by atoms with E-state index in [0.717, 1.165) is 24.4 Å². The van der Waals surface area contributed by atoms with Crippen molar-refractivity contribution in [2.75, 3.05) is 5.32 Å². The highest BCUT2D eigenvalue weighted by Gasteiger charge is 2.21. The molecular weight excluding hydrogens is 305 g/mol. The minimum atomic E-state index is -1.47. The van der Waals surface area contributed by atoms with E-state index in [-0.39, 0.29) is 16.5 Å². The number of carbonyl (C=O) groups is 1. The number of hydrogen-bond acceptors (Lipinski definition) is 5. The molecule has 9 heteroatoms. The molecule has 2 rings (SSSR count). The number of nitrogens with zero attached hydrogens (tertiary/aromatic N) is 2. The number of aromatic nitrogens is 1. The van der Waals surface area contributed by atoms with Crippen molar-refractivity contribution in [1.82, 2.24) is 4.98 Å². The van der Waals surface area contributed by atoms with Gasteiger partial charge in [-0.25, -0.2) is 14.2 Å².